The van der Waals surface area contributed by atoms with Crippen molar-refractivity contribution in [3.8, 4) is 0 Å². The molecule has 0 saturated carbocycles. The van der Waals surface area contributed by atoms with Gasteiger partial charge in [0.2, 0.25) is 0 Å². The highest BCUT2D eigenvalue weighted by Crippen LogP contribution is 2.17. The van der Waals surface area contributed by atoms with Gasteiger partial charge < -0.3 is 14.9 Å². The number of aromatic nitrogens is 2. The number of nitrogens with two attached hydrogens (primary N) is 1. The molecule has 7 heteroatoms. The second-order valence-corrected chi connectivity index (χ2v) is 4.44. The van der Waals surface area contributed by atoms with Crippen LogP contribution in [-0.4, -0.2) is 9.13 Å². The van der Waals surface area contributed by atoms with Gasteiger partial charge >= 0.3 is 11.1 Å². The molecule has 0 aliphatic carbocycles. The first-order chi connectivity index (χ1) is 9.40. The zero-order valence-electron chi connectivity index (χ0n) is 10.7. The Balaban J connectivity index is 2.33. The predicted molar refractivity (Wildman–Crippen MR) is 69.2 cm³/mol. The van der Waals surface area contributed by atoms with Crippen molar-refractivity contribution in [2.24, 2.45) is 12.8 Å². The monoisotopic (exact) mass is 281 g/mol. The van der Waals surface area contributed by atoms with Gasteiger partial charge in [-0.25, -0.2) is 8.78 Å². The smallest absolute Gasteiger partial charge is 0.316 e. The summed E-state index contributed by atoms with van der Waals surface area (Å²) in [5.74, 6) is -1.49. The molecule has 1 atom stereocenters. The van der Waals surface area contributed by atoms with Gasteiger partial charge in [-0.3, -0.25) is 9.59 Å². The molecule has 0 bridgehead atoms. The summed E-state index contributed by atoms with van der Waals surface area (Å²) in [4.78, 5) is 23.2. The van der Waals surface area contributed by atoms with Crippen LogP contribution < -0.4 is 16.9 Å². The third-order valence-corrected chi connectivity index (χ3v) is 2.99. The van der Waals surface area contributed by atoms with Crippen LogP contribution in [0.25, 0.3) is 0 Å². The highest BCUT2D eigenvalue weighted by molar-refractivity contribution is 5.21. The molecule has 5 nitrogen and oxygen atoms in total. The molecule has 1 unspecified atom stereocenters. The van der Waals surface area contributed by atoms with E-state index in [1.54, 1.807) is 0 Å². The van der Waals surface area contributed by atoms with Crippen molar-refractivity contribution in [3.63, 3.8) is 0 Å². The Labute approximate surface area is 112 Å². The number of rotatable bonds is 3. The van der Waals surface area contributed by atoms with Crippen LogP contribution in [0, 0.1) is 11.6 Å². The minimum Gasteiger partial charge on any atom is -0.322 e. The van der Waals surface area contributed by atoms with Crippen molar-refractivity contribution in [3.05, 3.63) is 68.5 Å². The van der Waals surface area contributed by atoms with Gasteiger partial charge in [-0.15, -0.1) is 0 Å². The standard InChI is InChI=1S/C13H13F2N3O2/c1-17-4-5-18(13(20)12(17)19)7-11(16)9-3-2-8(14)6-10(9)15/h2-6,11H,7,16H2,1H3. The maximum absolute atomic E-state index is 13.6. The molecule has 2 rings (SSSR count). The summed E-state index contributed by atoms with van der Waals surface area (Å²) in [6.07, 6.45) is 2.81. The first kappa shape index (κ1) is 14.1. The first-order valence-electron chi connectivity index (χ1n) is 5.86. The number of aryl methyl sites for hydroxylation is 1. The van der Waals surface area contributed by atoms with E-state index in [9.17, 15) is 18.4 Å². The number of hydrogen-bond acceptors (Lipinski definition) is 3. The number of nitrogens with zero attached hydrogens (tertiary/aromatic N) is 2. The number of halogens is 2. The fourth-order valence-corrected chi connectivity index (χ4v) is 1.85. The van der Waals surface area contributed by atoms with Gasteiger partial charge in [0, 0.05) is 37.6 Å². The van der Waals surface area contributed by atoms with Crippen molar-refractivity contribution in [1.29, 1.82) is 0 Å². The minimum atomic E-state index is -0.861. The van der Waals surface area contributed by atoms with Crippen molar-refractivity contribution in [2.75, 3.05) is 0 Å². The molecule has 20 heavy (non-hydrogen) atoms. The lowest BCUT2D eigenvalue weighted by molar-refractivity contribution is 0.508. The average molecular weight is 281 g/mol. The molecule has 0 radical (unpaired) electrons. The second kappa shape index (κ2) is 5.38. The van der Waals surface area contributed by atoms with E-state index in [1.807, 2.05) is 0 Å². The van der Waals surface area contributed by atoms with Crippen molar-refractivity contribution < 1.29 is 8.78 Å². The maximum Gasteiger partial charge on any atom is 0.316 e. The molecular weight excluding hydrogens is 268 g/mol. The molecule has 0 aliphatic heterocycles. The van der Waals surface area contributed by atoms with Crippen LogP contribution in [-0.2, 0) is 13.6 Å². The Morgan fingerprint density at radius 1 is 1.20 bits per heavy atom. The lowest BCUT2D eigenvalue weighted by Gasteiger charge is -2.14. The topological polar surface area (TPSA) is 70.0 Å². The lowest BCUT2D eigenvalue weighted by atomic mass is 10.1. The Kier molecular flexibility index (Phi) is 3.80. The van der Waals surface area contributed by atoms with E-state index in [2.05, 4.69) is 0 Å². The van der Waals surface area contributed by atoms with Crippen molar-refractivity contribution in [2.45, 2.75) is 12.6 Å². The van der Waals surface area contributed by atoms with Crippen LogP contribution in [0.5, 0.6) is 0 Å². The summed E-state index contributed by atoms with van der Waals surface area (Å²) in [5.41, 5.74) is 4.45. The van der Waals surface area contributed by atoms with Crippen LogP contribution in [0.15, 0.2) is 40.2 Å². The molecule has 2 aromatic rings. The van der Waals surface area contributed by atoms with Gasteiger partial charge in [0.05, 0.1) is 6.04 Å². The summed E-state index contributed by atoms with van der Waals surface area (Å²) < 4.78 is 28.6. The minimum absolute atomic E-state index is 0.0720. The van der Waals surface area contributed by atoms with E-state index in [4.69, 9.17) is 5.73 Å². The largest absolute Gasteiger partial charge is 0.322 e. The van der Waals surface area contributed by atoms with Crippen molar-refractivity contribution in [1.82, 2.24) is 9.13 Å². The van der Waals surface area contributed by atoms with Gasteiger partial charge in [0.1, 0.15) is 11.6 Å². The highest BCUT2D eigenvalue weighted by Gasteiger charge is 2.14. The summed E-state index contributed by atoms with van der Waals surface area (Å²) in [6, 6.07) is 2.18. The number of benzene rings is 1. The van der Waals surface area contributed by atoms with Crippen LogP contribution >= 0.6 is 0 Å². The fourth-order valence-electron chi connectivity index (χ4n) is 1.85. The van der Waals surface area contributed by atoms with Gasteiger partial charge in [0.25, 0.3) is 0 Å². The lowest BCUT2D eigenvalue weighted by Crippen LogP contribution is -2.41. The Morgan fingerprint density at radius 2 is 1.90 bits per heavy atom. The molecule has 1 aromatic heterocycles. The molecule has 106 valence electrons. The Morgan fingerprint density at radius 3 is 2.55 bits per heavy atom. The van der Waals surface area contributed by atoms with Crippen molar-refractivity contribution >= 4 is 0 Å². The molecule has 2 N–H and O–H groups in total. The number of hydrogen-bond donors (Lipinski definition) is 1. The molecule has 0 spiro atoms. The van der Waals surface area contributed by atoms with E-state index in [0.717, 1.165) is 21.3 Å². The third kappa shape index (κ3) is 2.67. The second-order valence-electron chi connectivity index (χ2n) is 4.44. The Bertz CT molecular complexity index is 752. The first-order valence-corrected chi connectivity index (χ1v) is 5.86. The summed E-state index contributed by atoms with van der Waals surface area (Å²) in [5, 5.41) is 0. The quantitative estimate of drug-likeness (QED) is 0.834. The fraction of sp³-hybridized carbons (Fsp3) is 0.231. The summed E-state index contributed by atoms with van der Waals surface area (Å²) in [6.45, 7) is -0.0720. The molecule has 0 saturated heterocycles. The maximum atomic E-state index is 13.6. The zero-order chi connectivity index (χ0) is 14.9. The van der Waals surface area contributed by atoms with E-state index in [1.165, 1.54) is 25.5 Å². The molecule has 0 amide bonds. The highest BCUT2D eigenvalue weighted by atomic mass is 19.1. The van der Waals surface area contributed by atoms with E-state index in [0.29, 0.717) is 0 Å². The van der Waals surface area contributed by atoms with Crippen LogP contribution in [0.2, 0.25) is 0 Å². The molecular formula is C13H13F2N3O2. The summed E-state index contributed by atoms with van der Waals surface area (Å²) in [7, 11) is 1.45. The molecule has 1 aromatic carbocycles. The van der Waals surface area contributed by atoms with E-state index in [-0.39, 0.29) is 12.1 Å². The van der Waals surface area contributed by atoms with Crippen LogP contribution in [0.3, 0.4) is 0 Å². The van der Waals surface area contributed by atoms with E-state index < -0.39 is 28.8 Å². The predicted octanol–water partition coefficient (Wildman–Crippen LogP) is 0.525. The van der Waals surface area contributed by atoms with Gasteiger partial charge in [0.15, 0.2) is 0 Å². The van der Waals surface area contributed by atoms with Gasteiger partial charge in [-0.1, -0.05) is 6.07 Å². The molecule has 0 aliphatic rings. The van der Waals surface area contributed by atoms with Gasteiger partial charge in [-0.05, 0) is 6.07 Å². The SMILES string of the molecule is Cn1ccn(CC(N)c2ccc(F)cc2F)c(=O)c1=O. The third-order valence-electron chi connectivity index (χ3n) is 2.99. The van der Waals surface area contributed by atoms with Crippen LogP contribution in [0.1, 0.15) is 11.6 Å². The average Bonchev–Trinajstić information content (AvgIpc) is 2.39. The molecule has 0 fully saturated rings. The van der Waals surface area contributed by atoms with E-state index >= 15 is 0 Å². The normalized spacial score (nSPS) is 12.4. The molecule has 1 heterocycles. The van der Waals surface area contributed by atoms with Gasteiger partial charge in [-0.2, -0.15) is 0 Å². The van der Waals surface area contributed by atoms with Crippen LogP contribution in [0.4, 0.5) is 8.78 Å². The zero-order valence-corrected chi connectivity index (χ0v) is 10.7. The Hall–Kier alpha value is -2.28. The summed E-state index contributed by atoms with van der Waals surface area (Å²) >= 11 is 0.